The first kappa shape index (κ1) is 11.3. The molecule has 5 nitrogen and oxygen atoms in total. The highest BCUT2D eigenvalue weighted by Crippen LogP contribution is 2.25. The molecule has 2 atom stereocenters. The van der Waals surface area contributed by atoms with Gasteiger partial charge in [-0.1, -0.05) is 6.42 Å². The van der Waals surface area contributed by atoms with Gasteiger partial charge in [0.2, 0.25) is 0 Å². The minimum absolute atomic E-state index is 0.0698. The molecule has 0 aromatic carbocycles. The number of carbonyl (C=O) groups excluding carboxylic acids is 1. The van der Waals surface area contributed by atoms with Crippen LogP contribution in [0, 0.1) is 5.92 Å². The number of amides is 1. The zero-order valence-electron chi connectivity index (χ0n) is 8.85. The van der Waals surface area contributed by atoms with Crippen molar-refractivity contribution in [2.45, 2.75) is 25.3 Å². The normalized spacial score (nSPS) is 24.6. The average molecular weight is 241 g/mol. The van der Waals surface area contributed by atoms with Crippen LogP contribution in [0.2, 0.25) is 0 Å². The molecule has 0 spiro atoms. The molecular formula is C10H15N3O2S. The maximum Gasteiger partial charge on any atom is 0.271 e. The van der Waals surface area contributed by atoms with E-state index in [0.717, 1.165) is 19.3 Å². The molecule has 0 bridgehead atoms. The number of nitrogen functional groups attached to an aromatic ring is 1. The Kier molecular flexibility index (Phi) is 3.40. The number of anilines is 1. The number of nitrogens with one attached hydrogen (secondary N) is 1. The summed E-state index contributed by atoms with van der Waals surface area (Å²) >= 11 is 1.25. The number of hydrogen-bond acceptors (Lipinski definition) is 5. The van der Waals surface area contributed by atoms with Crippen LogP contribution in [0.25, 0.3) is 0 Å². The number of aliphatic hydroxyl groups is 1. The van der Waals surface area contributed by atoms with E-state index in [-0.39, 0.29) is 24.5 Å². The fourth-order valence-corrected chi connectivity index (χ4v) is 2.62. The van der Waals surface area contributed by atoms with E-state index in [4.69, 9.17) is 10.8 Å². The molecular weight excluding hydrogens is 226 g/mol. The van der Waals surface area contributed by atoms with Crippen molar-refractivity contribution in [3.05, 3.63) is 11.1 Å². The van der Waals surface area contributed by atoms with Crippen LogP contribution >= 0.6 is 11.3 Å². The maximum atomic E-state index is 11.8. The van der Waals surface area contributed by atoms with E-state index in [9.17, 15) is 4.79 Å². The lowest BCUT2D eigenvalue weighted by atomic mass is 10.1. The Labute approximate surface area is 97.7 Å². The van der Waals surface area contributed by atoms with Gasteiger partial charge in [0.1, 0.15) is 5.69 Å². The maximum absolute atomic E-state index is 11.8. The second-order valence-corrected chi connectivity index (χ2v) is 4.91. The molecule has 1 aliphatic rings. The highest BCUT2D eigenvalue weighted by Gasteiger charge is 2.28. The van der Waals surface area contributed by atoms with Gasteiger partial charge in [0, 0.05) is 23.9 Å². The monoisotopic (exact) mass is 241 g/mol. The summed E-state index contributed by atoms with van der Waals surface area (Å²) in [5.74, 6) is -0.0155. The number of thiazole rings is 1. The zero-order chi connectivity index (χ0) is 11.5. The molecule has 1 aromatic heterocycles. The zero-order valence-corrected chi connectivity index (χ0v) is 9.67. The minimum Gasteiger partial charge on any atom is -0.396 e. The number of nitrogens with zero attached hydrogens (tertiary/aromatic N) is 1. The quantitative estimate of drug-likeness (QED) is 0.723. The van der Waals surface area contributed by atoms with Crippen molar-refractivity contribution in [1.29, 1.82) is 0 Å². The fraction of sp³-hybridized carbons (Fsp3) is 0.600. The van der Waals surface area contributed by atoms with Gasteiger partial charge in [-0.15, -0.1) is 11.3 Å². The Balaban J connectivity index is 1.97. The highest BCUT2D eigenvalue weighted by molar-refractivity contribution is 7.13. The number of hydrogen-bond donors (Lipinski definition) is 3. The molecule has 1 saturated carbocycles. The van der Waals surface area contributed by atoms with Gasteiger partial charge in [-0.3, -0.25) is 4.79 Å². The summed E-state index contributed by atoms with van der Waals surface area (Å²) in [6.45, 7) is 0.129. The number of aliphatic hydroxyl groups excluding tert-OH is 1. The van der Waals surface area contributed by atoms with Crippen molar-refractivity contribution in [2.24, 2.45) is 5.92 Å². The fourth-order valence-electron chi connectivity index (χ4n) is 2.08. The molecule has 0 aliphatic heterocycles. The molecule has 2 unspecified atom stereocenters. The number of aromatic nitrogens is 1. The summed E-state index contributed by atoms with van der Waals surface area (Å²) in [6.07, 6.45) is 2.95. The Bertz CT molecular complexity index is 380. The van der Waals surface area contributed by atoms with Gasteiger partial charge >= 0.3 is 0 Å². The summed E-state index contributed by atoms with van der Waals surface area (Å²) in [4.78, 5) is 15.7. The highest BCUT2D eigenvalue weighted by atomic mass is 32.1. The lowest BCUT2D eigenvalue weighted by molar-refractivity contribution is 0.0912. The summed E-state index contributed by atoms with van der Waals surface area (Å²) < 4.78 is 0. The summed E-state index contributed by atoms with van der Waals surface area (Å²) in [5, 5.41) is 14.1. The number of nitrogens with two attached hydrogens (primary N) is 1. The SMILES string of the molecule is Nc1nc(C(=O)NC2CCCC2CO)cs1. The van der Waals surface area contributed by atoms with E-state index in [0.29, 0.717) is 10.8 Å². The third-order valence-corrected chi connectivity index (χ3v) is 3.64. The predicted octanol–water partition coefficient (Wildman–Crippen LogP) is 0.616. The Morgan fingerprint density at radius 1 is 1.69 bits per heavy atom. The van der Waals surface area contributed by atoms with Crippen molar-refractivity contribution < 1.29 is 9.90 Å². The van der Waals surface area contributed by atoms with Crippen molar-refractivity contribution in [3.63, 3.8) is 0 Å². The molecule has 4 N–H and O–H groups in total. The molecule has 6 heteroatoms. The third kappa shape index (κ3) is 2.33. The van der Waals surface area contributed by atoms with Crippen LogP contribution in [0.15, 0.2) is 5.38 Å². The van der Waals surface area contributed by atoms with Gasteiger partial charge < -0.3 is 16.2 Å². The first-order valence-corrected chi connectivity index (χ1v) is 6.21. The predicted molar refractivity (Wildman–Crippen MR) is 62.2 cm³/mol. The molecule has 2 rings (SSSR count). The third-order valence-electron chi connectivity index (χ3n) is 2.96. The molecule has 1 fully saturated rings. The average Bonchev–Trinajstić information content (AvgIpc) is 2.86. The van der Waals surface area contributed by atoms with E-state index in [1.807, 2.05) is 0 Å². The van der Waals surface area contributed by atoms with Crippen LogP contribution < -0.4 is 11.1 Å². The second kappa shape index (κ2) is 4.80. The lowest BCUT2D eigenvalue weighted by Crippen LogP contribution is -2.38. The van der Waals surface area contributed by atoms with Crippen LogP contribution in [-0.2, 0) is 0 Å². The minimum atomic E-state index is -0.196. The molecule has 0 radical (unpaired) electrons. The first-order valence-electron chi connectivity index (χ1n) is 5.33. The van der Waals surface area contributed by atoms with Gasteiger partial charge in [0.25, 0.3) is 5.91 Å². The smallest absolute Gasteiger partial charge is 0.271 e. The van der Waals surface area contributed by atoms with Crippen LogP contribution in [0.3, 0.4) is 0 Å². The summed E-state index contributed by atoms with van der Waals surface area (Å²) in [6, 6.07) is 0.0698. The summed E-state index contributed by atoms with van der Waals surface area (Å²) in [7, 11) is 0. The Morgan fingerprint density at radius 3 is 3.12 bits per heavy atom. The van der Waals surface area contributed by atoms with Crippen molar-refractivity contribution in [3.8, 4) is 0 Å². The molecule has 16 heavy (non-hydrogen) atoms. The van der Waals surface area contributed by atoms with Crippen molar-refractivity contribution in [1.82, 2.24) is 10.3 Å². The summed E-state index contributed by atoms with van der Waals surface area (Å²) in [5.41, 5.74) is 5.83. The van der Waals surface area contributed by atoms with Gasteiger partial charge in [-0.25, -0.2) is 4.98 Å². The molecule has 1 aromatic rings. The number of carbonyl (C=O) groups is 1. The molecule has 1 aliphatic carbocycles. The topological polar surface area (TPSA) is 88.2 Å². The lowest BCUT2D eigenvalue weighted by Gasteiger charge is -2.18. The number of rotatable bonds is 3. The van der Waals surface area contributed by atoms with E-state index in [1.165, 1.54) is 11.3 Å². The first-order chi connectivity index (χ1) is 7.70. The van der Waals surface area contributed by atoms with Crippen molar-refractivity contribution in [2.75, 3.05) is 12.3 Å². The van der Waals surface area contributed by atoms with Gasteiger partial charge in [-0.2, -0.15) is 0 Å². The van der Waals surface area contributed by atoms with E-state index in [2.05, 4.69) is 10.3 Å². The van der Waals surface area contributed by atoms with E-state index >= 15 is 0 Å². The van der Waals surface area contributed by atoms with Gasteiger partial charge in [0.05, 0.1) is 0 Å². The molecule has 1 heterocycles. The Morgan fingerprint density at radius 2 is 2.50 bits per heavy atom. The molecule has 88 valence electrons. The molecule has 0 saturated heterocycles. The van der Waals surface area contributed by atoms with Crippen LogP contribution in [0.1, 0.15) is 29.8 Å². The Hall–Kier alpha value is -1.14. The van der Waals surface area contributed by atoms with E-state index < -0.39 is 0 Å². The largest absolute Gasteiger partial charge is 0.396 e. The van der Waals surface area contributed by atoms with Crippen molar-refractivity contribution >= 4 is 22.4 Å². The van der Waals surface area contributed by atoms with E-state index in [1.54, 1.807) is 5.38 Å². The molecule has 1 amide bonds. The van der Waals surface area contributed by atoms with Gasteiger partial charge in [-0.05, 0) is 12.8 Å². The van der Waals surface area contributed by atoms with Crippen LogP contribution in [0.4, 0.5) is 5.13 Å². The standard InChI is InChI=1S/C10H15N3O2S/c11-10-13-8(5-16-10)9(15)12-7-3-1-2-6(7)4-14/h5-7,14H,1-4H2,(H2,11,13)(H,12,15). The van der Waals surface area contributed by atoms with Crippen LogP contribution in [-0.4, -0.2) is 28.6 Å². The van der Waals surface area contributed by atoms with Gasteiger partial charge in [0.15, 0.2) is 5.13 Å². The second-order valence-electron chi connectivity index (χ2n) is 4.02. The van der Waals surface area contributed by atoms with Crippen LogP contribution in [0.5, 0.6) is 0 Å².